The molecule has 2 unspecified atom stereocenters. The number of rotatable bonds is 3. The quantitative estimate of drug-likeness (QED) is 0.616. The van der Waals surface area contributed by atoms with Crippen LogP contribution in [0.5, 0.6) is 11.5 Å². The molecule has 0 radical (unpaired) electrons. The van der Waals surface area contributed by atoms with Gasteiger partial charge in [-0.2, -0.15) is 0 Å². The van der Waals surface area contributed by atoms with Crippen LogP contribution in [0, 0.1) is 6.92 Å². The first kappa shape index (κ1) is 20.2. The molecule has 0 saturated carbocycles. The van der Waals surface area contributed by atoms with Gasteiger partial charge in [0.1, 0.15) is 28.2 Å². The molecule has 6 heteroatoms. The molecule has 0 aliphatic carbocycles. The summed E-state index contributed by atoms with van der Waals surface area (Å²) in [7, 11) is 1.92. The number of nitrogens with zero attached hydrogens (tertiary/aromatic N) is 1. The Bertz CT molecular complexity index is 1160. The molecule has 1 aliphatic rings. The van der Waals surface area contributed by atoms with Gasteiger partial charge in [0.05, 0.1) is 6.10 Å². The van der Waals surface area contributed by atoms with Crippen molar-refractivity contribution in [2.75, 3.05) is 20.1 Å². The predicted octanol–water partition coefficient (Wildman–Crippen LogP) is 3.46. The number of likely N-dealkylation sites (N-methyl/N-ethyl adjacent to an activating group) is 1. The van der Waals surface area contributed by atoms with E-state index in [0.29, 0.717) is 24.3 Å². The fourth-order valence-electron chi connectivity index (χ4n) is 4.06. The van der Waals surface area contributed by atoms with Gasteiger partial charge in [-0.15, -0.1) is 0 Å². The number of benzene rings is 2. The Hall–Kier alpha value is -3.09. The van der Waals surface area contributed by atoms with Gasteiger partial charge in [-0.05, 0) is 38.6 Å². The minimum absolute atomic E-state index is 0.0152. The van der Waals surface area contributed by atoms with E-state index in [4.69, 9.17) is 4.42 Å². The highest BCUT2D eigenvalue weighted by Crippen LogP contribution is 2.41. The van der Waals surface area contributed by atoms with Crippen LogP contribution in [0.15, 0.2) is 45.6 Å². The third kappa shape index (κ3) is 3.84. The number of aliphatic hydroxyl groups is 1. The van der Waals surface area contributed by atoms with E-state index in [9.17, 15) is 20.1 Å². The second-order valence-electron chi connectivity index (χ2n) is 8.01. The fraction of sp³-hybridized carbons (Fsp3) is 0.292. The minimum Gasteiger partial charge on any atom is -0.507 e. The zero-order valence-electron chi connectivity index (χ0n) is 17.0. The normalized spacial score (nSPS) is 20.2. The number of hydrogen-bond acceptors (Lipinski definition) is 6. The number of aryl methyl sites for hydroxylation is 1. The molecule has 6 nitrogen and oxygen atoms in total. The van der Waals surface area contributed by atoms with Crippen LogP contribution < -0.4 is 5.43 Å². The Morgan fingerprint density at radius 3 is 2.53 bits per heavy atom. The summed E-state index contributed by atoms with van der Waals surface area (Å²) in [5, 5.41) is 31.5. The first-order valence-electron chi connectivity index (χ1n) is 9.97. The van der Waals surface area contributed by atoms with Gasteiger partial charge in [0.15, 0.2) is 5.43 Å². The molecule has 1 fully saturated rings. The third-order valence-electron chi connectivity index (χ3n) is 5.69. The summed E-state index contributed by atoms with van der Waals surface area (Å²) >= 11 is 0. The van der Waals surface area contributed by atoms with E-state index in [-0.39, 0.29) is 22.5 Å². The number of fused-ring (bicyclic) bond motifs is 1. The summed E-state index contributed by atoms with van der Waals surface area (Å²) in [5.41, 5.74) is 2.19. The number of β-amino-alcohol motifs (C(OH)–C–C–N with tert-alkyl or cyclic N) is 1. The first-order valence-corrected chi connectivity index (χ1v) is 9.97. The minimum atomic E-state index is -0.723. The molecule has 1 aliphatic heterocycles. The molecule has 3 aromatic rings. The second-order valence-corrected chi connectivity index (χ2v) is 8.01. The Morgan fingerprint density at radius 1 is 1.10 bits per heavy atom. The molecule has 156 valence electrons. The Kier molecular flexibility index (Phi) is 5.37. The standard InChI is InChI=1S/C24H25NO5/c1-14-3-5-15(6-4-14)7-8-16-11-18(26)23-20(28)12-19(27)22(24(23)30-16)17-9-10-25(2)13-21(17)29/h3-8,11-12,17,21,27-29H,9-10,13H2,1-2H3/b8-7+. The Balaban J connectivity index is 1.84. The largest absolute Gasteiger partial charge is 0.507 e. The van der Waals surface area contributed by atoms with Crippen LogP contribution >= 0.6 is 0 Å². The number of phenols is 2. The van der Waals surface area contributed by atoms with E-state index in [2.05, 4.69) is 0 Å². The van der Waals surface area contributed by atoms with Gasteiger partial charge in [-0.25, -0.2) is 0 Å². The summed E-state index contributed by atoms with van der Waals surface area (Å²) < 4.78 is 5.98. The number of phenolic OH excluding ortho intramolecular Hbond substituents is 2. The zero-order valence-corrected chi connectivity index (χ0v) is 17.0. The highest BCUT2D eigenvalue weighted by molar-refractivity contribution is 5.89. The molecule has 1 aromatic heterocycles. The monoisotopic (exact) mass is 407 g/mol. The summed E-state index contributed by atoms with van der Waals surface area (Å²) in [6.07, 6.45) is 3.38. The van der Waals surface area contributed by atoms with E-state index in [1.807, 2.05) is 49.2 Å². The van der Waals surface area contributed by atoms with Crippen molar-refractivity contribution in [2.24, 2.45) is 0 Å². The predicted molar refractivity (Wildman–Crippen MR) is 117 cm³/mol. The lowest BCUT2D eigenvalue weighted by Gasteiger charge is -2.34. The van der Waals surface area contributed by atoms with Crippen molar-refractivity contribution in [1.82, 2.24) is 4.90 Å². The van der Waals surface area contributed by atoms with E-state index >= 15 is 0 Å². The van der Waals surface area contributed by atoms with Crippen molar-refractivity contribution < 1.29 is 19.7 Å². The molecule has 0 bridgehead atoms. The maximum atomic E-state index is 12.7. The fourth-order valence-corrected chi connectivity index (χ4v) is 4.06. The van der Waals surface area contributed by atoms with Crippen LogP contribution in [-0.2, 0) is 0 Å². The van der Waals surface area contributed by atoms with Crippen molar-refractivity contribution in [3.05, 3.63) is 69.1 Å². The Labute approximate surface area is 174 Å². The van der Waals surface area contributed by atoms with Crippen LogP contribution in [0.1, 0.15) is 34.8 Å². The van der Waals surface area contributed by atoms with E-state index in [1.165, 1.54) is 6.07 Å². The lowest BCUT2D eigenvalue weighted by Crippen LogP contribution is -2.40. The number of piperidine rings is 1. The number of likely N-dealkylation sites (tertiary alicyclic amines) is 1. The maximum Gasteiger partial charge on any atom is 0.197 e. The third-order valence-corrected chi connectivity index (χ3v) is 5.69. The molecular formula is C24H25NO5. The summed E-state index contributed by atoms with van der Waals surface area (Å²) in [6, 6.07) is 10.4. The molecule has 0 amide bonds. The molecule has 2 heterocycles. The topological polar surface area (TPSA) is 94.1 Å². The van der Waals surface area contributed by atoms with Gasteiger partial charge in [0.2, 0.25) is 0 Å². The van der Waals surface area contributed by atoms with Gasteiger partial charge in [-0.3, -0.25) is 4.79 Å². The first-order chi connectivity index (χ1) is 14.3. The molecular weight excluding hydrogens is 382 g/mol. The van der Waals surface area contributed by atoms with Gasteiger partial charge in [0, 0.05) is 30.2 Å². The van der Waals surface area contributed by atoms with E-state index < -0.39 is 17.5 Å². The summed E-state index contributed by atoms with van der Waals surface area (Å²) in [4.78, 5) is 14.8. The van der Waals surface area contributed by atoms with Crippen LogP contribution in [0.25, 0.3) is 23.1 Å². The van der Waals surface area contributed by atoms with Gasteiger partial charge in [0.25, 0.3) is 0 Å². The second kappa shape index (κ2) is 7.97. The van der Waals surface area contributed by atoms with Crippen LogP contribution in [0.3, 0.4) is 0 Å². The van der Waals surface area contributed by atoms with Crippen LogP contribution in [-0.4, -0.2) is 46.5 Å². The maximum absolute atomic E-state index is 12.7. The number of hydrogen-bond donors (Lipinski definition) is 3. The molecule has 3 N–H and O–H groups in total. The lowest BCUT2D eigenvalue weighted by molar-refractivity contribution is 0.0630. The number of aromatic hydroxyl groups is 2. The van der Waals surface area contributed by atoms with E-state index in [0.717, 1.165) is 23.7 Å². The lowest BCUT2D eigenvalue weighted by atomic mass is 9.85. The molecule has 2 aromatic carbocycles. The van der Waals surface area contributed by atoms with Crippen molar-refractivity contribution >= 4 is 23.1 Å². The van der Waals surface area contributed by atoms with Crippen LogP contribution in [0.2, 0.25) is 0 Å². The highest BCUT2D eigenvalue weighted by atomic mass is 16.3. The average Bonchev–Trinajstić information content (AvgIpc) is 2.68. The zero-order chi connectivity index (χ0) is 21.4. The van der Waals surface area contributed by atoms with Crippen molar-refractivity contribution in [2.45, 2.75) is 25.4 Å². The Morgan fingerprint density at radius 2 is 1.83 bits per heavy atom. The SMILES string of the molecule is Cc1ccc(/C=C/c2cc(=O)c3c(O)cc(O)c(C4CCN(C)CC4O)c3o2)cc1. The molecule has 4 rings (SSSR count). The summed E-state index contributed by atoms with van der Waals surface area (Å²) in [6.45, 7) is 3.19. The molecule has 2 atom stereocenters. The molecule has 30 heavy (non-hydrogen) atoms. The molecule has 0 spiro atoms. The van der Waals surface area contributed by atoms with Gasteiger partial charge in [-0.1, -0.05) is 35.9 Å². The van der Waals surface area contributed by atoms with Crippen molar-refractivity contribution in [1.29, 1.82) is 0 Å². The number of aliphatic hydroxyl groups excluding tert-OH is 1. The van der Waals surface area contributed by atoms with Crippen LogP contribution in [0.4, 0.5) is 0 Å². The highest BCUT2D eigenvalue weighted by Gasteiger charge is 2.32. The van der Waals surface area contributed by atoms with Gasteiger partial charge >= 0.3 is 0 Å². The average molecular weight is 407 g/mol. The van der Waals surface area contributed by atoms with E-state index in [1.54, 1.807) is 6.08 Å². The summed E-state index contributed by atoms with van der Waals surface area (Å²) in [5.74, 6) is -0.613. The molecule has 1 saturated heterocycles. The van der Waals surface area contributed by atoms with Crippen molar-refractivity contribution in [3.8, 4) is 11.5 Å². The van der Waals surface area contributed by atoms with Crippen molar-refractivity contribution in [3.63, 3.8) is 0 Å². The smallest absolute Gasteiger partial charge is 0.197 e. The van der Waals surface area contributed by atoms with Gasteiger partial charge < -0.3 is 24.6 Å².